The van der Waals surface area contributed by atoms with Crippen molar-refractivity contribution >= 4 is 5.97 Å². The Balaban J connectivity index is 1.54. The highest BCUT2D eigenvalue weighted by atomic mass is 16.4. The maximum Gasteiger partial charge on any atom is 0.309 e. The summed E-state index contributed by atoms with van der Waals surface area (Å²) >= 11 is 0. The van der Waals surface area contributed by atoms with E-state index in [0.717, 1.165) is 32.1 Å². The fraction of sp³-hybridized carbons (Fsp3) is 0.667. The van der Waals surface area contributed by atoms with Crippen molar-refractivity contribution in [2.45, 2.75) is 78.1 Å². The molecule has 1 N–H and O–H groups in total. The Kier molecular flexibility index (Phi) is 4.53. The lowest BCUT2D eigenvalue weighted by molar-refractivity contribution is -0.143. The van der Waals surface area contributed by atoms with Gasteiger partial charge in [-0.25, -0.2) is 0 Å². The van der Waals surface area contributed by atoms with Crippen LogP contribution in [0, 0.1) is 17.8 Å². The van der Waals surface area contributed by atoms with E-state index in [-0.39, 0.29) is 5.41 Å². The van der Waals surface area contributed by atoms with Crippen molar-refractivity contribution in [3.63, 3.8) is 0 Å². The average molecular weight is 314 g/mol. The largest absolute Gasteiger partial charge is 0.481 e. The van der Waals surface area contributed by atoms with Gasteiger partial charge in [-0.2, -0.15) is 0 Å². The lowest BCUT2D eigenvalue weighted by Crippen LogP contribution is -2.14. The molecule has 2 nitrogen and oxygen atoms in total. The molecule has 2 aliphatic rings. The van der Waals surface area contributed by atoms with Gasteiger partial charge in [0.15, 0.2) is 0 Å². The van der Waals surface area contributed by atoms with Gasteiger partial charge in [0.25, 0.3) is 0 Å². The third-order valence-corrected chi connectivity index (χ3v) is 6.10. The Morgan fingerprint density at radius 1 is 1.04 bits per heavy atom. The maximum atomic E-state index is 11.3. The molecule has 0 heterocycles. The zero-order valence-electron chi connectivity index (χ0n) is 14.7. The van der Waals surface area contributed by atoms with Crippen LogP contribution < -0.4 is 0 Å². The fourth-order valence-corrected chi connectivity index (χ4v) is 3.74. The molecule has 0 atom stereocenters. The van der Waals surface area contributed by atoms with Crippen LogP contribution in [0.15, 0.2) is 18.2 Å². The first-order chi connectivity index (χ1) is 10.9. The van der Waals surface area contributed by atoms with Crippen molar-refractivity contribution in [2.24, 2.45) is 10.8 Å². The minimum Gasteiger partial charge on any atom is -0.481 e. The first kappa shape index (κ1) is 16.5. The zero-order chi connectivity index (χ0) is 16.5. The molecule has 0 bridgehead atoms. The first-order valence-corrected chi connectivity index (χ1v) is 9.24. The molecule has 0 aliphatic heterocycles. The molecule has 1 aromatic carbocycles. The van der Waals surface area contributed by atoms with E-state index in [4.69, 9.17) is 0 Å². The average Bonchev–Trinajstić information content (AvgIpc) is 3.40. The smallest absolute Gasteiger partial charge is 0.309 e. The second kappa shape index (κ2) is 6.30. The second-order valence-corrected chi connectivity index (χ2v) is 8.38. The molecule has 0 amide bonds. The number of aryl methyl sites for hydroxylation is 3. The van der Waals surface area contributed by atoms with Gasteiger partial charge in [-0.3, -0.25) is 4.79 Å². The van der Waals surface area contributed by atoms with Gasteiger partial charge in [-0.15, -0.1) is 0 Å². The van der Waals surface area contributed by atoms with Gasteiger partial charge < -0.3 is 5.11 Å². The Hall–Kier alpha value is -1.31. The van der Waals surface area contributed by atoms with Crippen molar-refractivity contribution in [3.8, 4) is 0 Å². The molecule has 0 saturated heterocycles. The monoisotopic (exact) mass is 314 g/mol. The number of benzene rings is 1. The van der Waals surface area contributed by atoms with Crippen molar-refractivity contribution in [1.82, 2.24) is 0 Å². The minimum atomic E-state index is -0.584. The molecule has 0 aromatic heterocycles. The summed E-state index contributed by atoms with van der Waals surface area (Å²) in [5.41, 5.74) is 4.53. The van der Waals surface area contributed by atoms with Gasteiger partial charge in [0.1, 0.15) is 0 Å². The second-order valence-electron chi connectivity index (χ2n) is 8.38. The number of aliphatic carboxylic acids is 1. The van der Waals surface area contributed by atoms with E-state index in [1.807, 2.05) is 0 Å². The molecule has 3 rings (SSSR count). The zero-order valence-corrected chi connectivity index (χ0v) is 14.7. The molecule has 1 aromatic rings. The van der Waals surface area contributed by atoms with Crippen LogP contribution in [-0.4, -0.2) is 11.1 Å². The van der Waals surface area contributed by atoms with Gasteiger partial charge >= 0.3 is 5.97 Å². The SMILES string of the molecule is Cc1ccc(CCCC2(C)CC2)c(CCCC2(C(=O)O)CC2)c1. The molecule has 0 spiro atoms. The number of carbonyl (C=O) groups is 1. The Bertz CT molecular complexity index is 580. The third-order valence-electron chi connectivity index (χ3n) is 6.10. The quantitative estimate of drug-likeness (QED) is 0.671. The van der Waals surface area contributed by atoms with Crippen LogP contribution in [0.4, 0.5) is 0 Å². The molecule has 0 unspecified atom stereocenters. The molecular formula is C21H30O2. The first-order valence-electron chi connectivity index (χ1n) is 9.24. The number of carboxylic acid groups (broad SMARTS) is 1. The van der Waals surface area contributed by atoms with E-state index in [0.29, 0.717) is 5.41 Å². The molecule has 23 heavy (non-hydrogen) atoms. The van der Waals surface area contributed by atoms with Gasteiger partial charge in [0.2, 0.25) is 0 Å². The summed E-state index contributed by atoms with van der Waals surface area (Å²) in [6.45, 7) is 4.56. The van der Waals surface area contributed by atoms with Gasteiger partial charge in [0.05, 0.1) is 5.41 Å². The predicted octanol–water partition coefficient (Wildman–Crippen LogP) is 5.31. The van der Waals surface area contributed by atoms with Crippen LogP contribution >= 0.6 is 0 Å². The molecular weight excluding hydrogens is 284 g/mol. The van der Waals surface area contributed by atoms with Gasteiger partial charge in [0, 0.05) is 0 Å². The van der Waals surface area contributed by atoms with E-state index in [1.165, 1.54) is 48.8 Å². The number of rotatable bonds is 9. The van der Waals surface area contributed by atoms with Crippen LogP contribution in [0.3, 0.4) is 0 Å². The lowest BCUT2D eigenvalue weighted by Gasteiger charge is -2.14. The summed E-state index contributed by atoms with van der Waals surface area (Å²) < 4.78 is 0. The molecule has 2 heteroatoms. The normalized spacial score (nSPS) is 20.3. The van der Waals surface area contributed by atoms with E-state index < -0.39 is 5.97 Å². The van der Waals surface area contributed by atoms with Crippen LogP contribution in [0.5, 0.6) is 0 Å². The third kappa shape index (κ3) is 4.16. The van der Waals surface area contributed by atoms with Crippen LogP contribution in [-0.2, 0) is 17.6 Å². The molecule has 126 valence electrons. The lowest BCUT2D eigenvalue weighted by atomic mass is 9.91. The Morgan fingerprint density at radius 2 is 1.70 bits per heavy atom. The molecule has 2 aliphatic carbocycles. The maximum absolute atomic E-state index is 11.3. The molecule has 2 fully saturated rings. The highest BCUT2D eigenvalue weighted by Crippen LogP contribution is 2.50. The standard InChI is InChI=1S/C21H30O2/c1-16-7-8-17(5-3-9-20(2)11-12-20)18(15-16)6-4-10-21(13-14-21)19(22)23/h7-8,15H,3-6,9-14H2,1-2H3,(H,22,23). The van der Waals surface area contributed by atoms with E-state index in [1.54, 1.807) is 0 Å². The number of carboxylic acids is 1. The highest BCUT2D eigenvalue weighted by molar-refractivity contribution is 5.77. The summed E-state index contributed by atoms with van der Waals surface area (Å²) in [6, 6.07) is 6.83. The van der Waals surface area contributed by atoms with Crippen molar-refractivity contribution in [1.29, 1.82) is 0 Å². The predicted molar refractivity (Wildman–Crippen MR) is 93.7 cm³/mol. The van der Waals surface area contributed by atoms with Crippen molar-refractivity contribution in [2.75, 3.05) is 0 Å². The Labute approximate surface area is 140 Å². The summed E-state index contributed by atoms with van der Waals surface area (Å²) in [5, 5.41) is 9.30. The van der Waals surface area contributed by atoms with Gasteiger partial charge in [-0.05, 0) is 87.7 Å². The fourth-order valence-electron chi connectivity index (χ4n) is 3.74. The van der Waals surface area contributed by atoms with Crippen LogP contribution in [0.2, 0.25) is 0 Å². The molecule has 0 radical (unpaired) electrons. The van der Waals surface area contributed by atoms with Crippen LogP contribution in [0.25, 0.3) is 0 Å². The van der Waals surface area contributed by atoms with E-state index >= 15 is 0 Å². The summed E-state index contributed by atoms with van der Waals surface area (Å²) in [4.78, 5) is 11.3. The van der Waals surface area contributed by atoms with E-state index in [2.05, 4.69) is 32.0 Å². The minimum absolute atomic E-state index is 0.370. The van der Waals surface area contributed by atoms with Crippen molar-refractivity contribution in [3.05, 3.63) is 34.9 Å². The summed E-state index contributed by atoms with van der Waals surface area (Å²) in [6.07, 6.45) is 11.3. The van der Waals surface area contributed by atoms with Crippen LogP contribution in [0.1, 0.15) is 75.0 Å². The number of hydrogen-bond acceptors (Lipinski definition) is 1. The topological polar surface area (TPSA) is 37.3 Å². The highest BCUT2D eigenvalue weighted by Gasteiger charge is 2.49. The van der Waals surface area contributed by atoms with Gasteiger partial charge in [-0.1, -0.05) is 30.7 Å². The van der Waals surface area contributed by atoms with E-state index in [9.17, 15) is 9.90 Å². The Morgan fingerprint density at radius 3 is 2.30 bits per heavy atom. The van der Waals surface area contributed by atoms with Crippen molar-refractivity contribution < 1.29 is 9.90 Å². The summed E-state index contributed by atoms with van der Waals surface area (Å²) in [5.74, 6) is -0.584. The summed E-state index contributed by atoms with van der Waals surface area (Å²) in [7, 11) is 0. The number of hydrogen-bond donors (Lipinski definition) is 1. The molecule has 2 saturated carbocycles.